The minimum atomic E-state index is -4.67. The Morgan fingerprint density at radius 2 is 2.27 bits per heavy atom. The Morgan fingerprint density at radius 3 is 2.64 bits per heavy atom. The largest absolute Gasteiger partial charge is 0.574 e. The fourth-order valence-electron chi connectivity index (χ4n) is 0.569. The first-order valence-corrected chi connectivity index (χ1v) is 2.75. The van der Waals surface area contributed by atoms with Crippen LogP contribution < -0.4 is 0 Å². The van der Waals surface area contributed by atoms with Crippen molar-refractivity contribution in [2.75, 3.05) is 13.7 Å². The monoisotopic (exact) mass is 166 g/mol. The first-order valence-electron chi connectivity index (χ1n) is 2.75. The normalized spacial score (nSPS) is 20.2. The second-order valence-electron chi connectivity index (χ2n) is 1.96. The van der Waals surface area contributed by atoms with E-state index in [2.05, 4.69) is 16.3 Å². The van der Waals surface area contributed by atoms with Crippen molar-refractivity contribution < 1.29 is 17.9 Å². The molecule has 1 aliphatic heterocycles. The first kappa shape index (κ1) is 8.32. The molecule has 0 unspecified atom stereocenters. The molecule has 0 bridgehead atoms. The van der Waals surface area contributed by atoms with Crippen LogP contribution in [0, 0.1) is 6.54 Å². The molecule has 1 rings (SSSR count). The van der Waals surface area contributed by atoms with Crippen molar-refractivity contribution >= 4 is 5.90 Å². The van der Waals surface area contributed by atoms with Crippen LogP contribution >= 0.6 is 0 Å². The summed E-state index contributed by atoms with van der Waals surface area (Å²) in [6, 6.07) is 0. The zero-order valence-electron chi connectivity index (χ0n) is 5.64. The highest BCUT2D eigenvalue weighted by Crippen LogP contribution is 2.19. The lowest BCUT2D eigenvalue weighted by molar-refractivity contribution is -0.283. The van der Waals surface area contributed by atoms with E-state index in [0.29, 0.717) is 0 Å². The maximum atomic E-state index is 11.5. The van der Waals surface area contributed by atoms with E-state index < -0.39 is 12.3 Å². The smallest absolute Gasteiger partial charge is 0.390 e. The number of nitrogens with zero attached hydrogens (tertiary/aromatic N) is 2. The van der Waals surface area contributed by atoms with Gasteiger partial charge in [-0.25, -0.2) is 4.99 Å². The van der Waals surface area contributed by atoms with E-state index in [4.69, 9.17) is 0 Å². The zero-order chi connectivity index (χ0) is 8.48. The third-order valence-electron chi connectivity index (χ3n) is 0.925. The molecule has 0 saturated carbocycles. The molecular formula is C5H5F3N2O. The average Bonchev–Trinajstić information content (AvgIpc) is 2.10. The molecule has 0 aliphatic carbocycles. The van der Waals surface area contributed by atoms with Crippen LogP contribution in [0.3, 0.4) is 0 Å². The third-order valence-corrected chi connectivity index (χ3v) is 0.925. The Kier molecular flexibility index (Phi) is 2.03. The van der Waals surface area contributed by atoms with Gasteiger partial charge < -0.3 is 4.74 Å². The second kappa shape index (κ2) is 2.69. The van der Waals surface area contributed by atoms with Gasteiger partial charge in [0.2, 0.25) is 5.90 Å². The van der Waals surface area contributed by atoms with Gasteiger partial charge in [-0.3, -0.25) is 4.90 Å². The highest BCUT2D eigenvalue weighted by Gasteiger charge is 2.34. The van der Waals surface area contributed by atoms with Crippen LogP contribution in [0.5, 0.6) is 0 Å². The summed E-state index contributed by atoms with van der Waals surface area (Å²) in [6.45, 7) is 2.41. The summed E-state index contributed by atoms with van der Waals surface area (Å²) >= 11 is 0. The van der Waals surface area contributed by atoms with Crippen LogP contribution in [-0.4, -0.2) is 30.9 Å². The quantitative estimate of drug-likeness (QED) is 0.533. The van der Waals surface area contributed by atoms with Crippen molar-refractivity contribution in [3.05, 3.63) is 6.54 Å². The molecule has 0 aromatic carbocycles. The summed E-state index contributed by atoms with van der Waals surface area (Å²) in [5, 5.41) is 0. The summed E-state index contributed by atoms with van der Waals surface area (Å²) in [7, 11) is 1.55. The standard InChI is InChI=1S/C5H5F3N2O/c1-10-2-4(9-3-10)11-5(6,7)8/h3H2,1H3. The van der Waals surface area contributed by atoms with Gasteiger partial charge in [0.05, 0.1) is 6.67 Å². The minimum absolute atomic E-state index is 0.158. The van der Waals surface area contributed by atoms with E-state index in [1.165, 1.54) is 4.90 Å². The van der Waals surface area contributed by atoms with E-state index in [0.717, 1.165) is 0 Å². The Labute approximate surface area is 61.5 Å². The Balaban J connectivity index is 2.40. The number of hydrogen-bond acceptors (Lipinski definition) is 3. The number of likely N-dealkylation sites (N-methyl/N-ethyl adjacent to an activating group) is 1. The number of ether oxygens (including phenoxy) is 1. The van der Waals surface area contributed by atoms with Crippen LogP contribution in [0.1, 0.15) is 0 Å². The van der Waals surface area contributed by atoms with Crippen LogP contribution in [0.25, 0.3) is 0 Å². The van der Waals surface area contributed by atoms with Crippen molar-refractivity contribution in [2.24, 2.45) is 4.99 Å². The lowest BCUT2D eigenvalue weighted by Crippen LogP contribution is -2.20. The highest BCUT2D eigenvalue weighted by atomic mass is 19.4. The van der Waals surface area contributed by atoms with Gasteiger partial charge >= 0.3 is 6.36 Å². The molecule has 0 fully saturated rings. The topological polar surface area (TPSA) is 24.8 Å². The fraction of sp³-hybridized carbons (Fsp3) is 0.600. The van der Waals surface area contributed by atoms with Crippen LogP contribution in [-0.2, 0) is 4.74 Å². The molecule has 11 heavy (non-hydrogen) atoms. The molecule has 1 heterocycles. The SMILES string of the molecule is CN1[C]C(OC(F)(F)F)=NC1. The minimum Gasteiger partial charge on any atom is -0.390 e. The molecule has 0 atom stereocenters. The van der Waals surface area contributed by atoms with Crippen molar-refractivity contribution in [1.82, 2.24) is 4.90 Å². The summed E-state index contributed by atoms with van der Waals surface area (Å²) < 4.78 is 37.9. The van der Waals surface area contributed by atoms with Gasteiger partial charge in [0, 0.05) is 0 Å². The molecule has 2 radical (unpaired) electrons. The van der Waals surface area contributed by atoms with Crippen molar-refractivity contribution in [3.8, 4) is 0 Å². The van der Waals surface area contributed by atoms with Crippen molar-refractivity contribution in [3.63, 3.8) is 0 Å². The van der Waals surface area contributed by atoms with Gasteiger partial charge in [0.25, 0.3) is 0 Å². The molecule has 0 aromatic heterocycles. The molecule has 0 aromatic rings. The molecule has 1 aliphatic rings. The number of hydrogen-bond donors (Lipinski definition) is 0. The van der Waals surface area contributed by atoms with Gasteiger partial charge in [0.15, 0.2) is 6.54 Å². The van der Waals surface area contributed by atoms with E-state index in [1.807, 2.05) is 0 Å². The molecule has 62 valence electrons. The van der Waals surface area contributed by atoms with Gasteiger partial charge in [-0.1, -0.05) is 0 Å². The summed E-state index contributed by atoms with van der Waals surface area (Å²) in [5.41, 5.74) is 0. The lowest BCUT2D eigenvalue weighted by atomic mass is 10.6. The predicted molar refractivity (Wildman–Crippen MR) is 30.4 cm³/mol. The number of rotatable bonds is 0. The Bertz CT molecular complexity index is 177. The maximum absolute atomic E-state index is 11.5. The number of aliphatic imine (C=N–C) groups is 1. The Hall–Kier alpha value is -0.780. The lowest BCUT2D eigenvalue weighted by Gasteiger charge is -2.07. The van der Waals surface area contributed by atoms with Crippen LogP contribution in [0.2, 0.25) is 0 Å². The summed E-state index contributed by atoms with van der Waals surface area (Å²) in [6.07, 6.45) is -4.67. The number of halogens is 3. The van der Waals surface area contributed by atoms with Crippen molar-refractivity contribution in [1.29, 1.82) is 0 Å². The molecule has 0 N–H and O–H groups in total. The third kappa shape index (κ3) is 2.75. The summed E-state index contributed by atoms with van der Waals surface area (Å²) in [4.78, 5) is 4.75. The van der Waals surface area contributed by atoms with E-state index >= 15 is 0 Å². The molecular weight excluding hydrogens is 161 g/mol. The molecule has 0 spiro atoms. The number of alkyl halides is 3. The average molecular weight is 166 g/mol. The second-order valence-corrected chi connectivity index (χ2v) is 1.96. The van der Waals surface area contributed by atoms with E-state index in [9.17, 15) is 13.2 Å². The van der Waals surface area contributed by atoms with Gasteiger partial charge in [-0.05, 0) is 7.05 Å². The fourth-order valence-corrected chi connectivity index (χ4v) is 0.569. The van der Waals surface area contributed by atoms with Crippen LogP contribution in [0.4, 0.5) is 13.2 Å². The zero-order valence-corrected chi connectivity index (χ0v) is 5.64. The van der Waals surface area contributed by atoms with E-state index in [-0.39, 0.29) is 6.67 Å². The molecule has 6 heteroatoms. The molecule has 0 amide bonds. The van der Waals surface area contributed by atoms with Gasteiger partial charge in [0.1, 0.15) is 0 Å². The molecule has 0 saturated heterocycles. The van der Waals surface area contributed by atoms with E-state index in [1.54, 1.807) is 7.05 Å². The first-order chi connectivity index (χ1) is 4.97. The Morgan fingerprint density at radius 1 is 1.64 bits per heavy atom. The van der Waals surface area contributed by atoms with Crippen molar-refractivity contribution in [2.45, 2.75) is 6.36 Å². The van der Waals surface area contributed by atoms with Gasteiger partial charge in [-0.15, -0.1) is 13.2 Å². The highest BCUT2D eigenvalue weighted by molar-refractivity contribution is 5.85. The maximum Gasteiger partial charge on any atom is 0.574 e. The van der Waals surface area contributed by atoms with Gasteiger partial charge in [-0.2, -0.15) is 0 Å². The molecule has 3 nitrogen and oxygen atoms in total. The predicted octanol–water partition coefficient (Wildman–Crippen LogP) is 0.863. The summed E-state index contributed by atoms with van der Waals surface area (Å²) in [5.74, 6) is -0.514. The van der Waals surface area contributed by atoms with Crippen LogP contribution in [0.15, 0.2) is 4.99 Å².